The number of guanidine groups is 1. The molecular weight excluding hydrogens is 376 g/mol. The maximum Gasteiger partial charge on any atom is 0.222 e. The van der Waals surface area contributed by atoms with Crippen molar-refractivity contribution in [2.45, 2.75) is 78.1 Å². The van der Waals surface area contributed by atoms with Crippen LogP contribution in [-0.4, -0.2) is 49.1 Å². The zero-order valence-corrected chi connectivity index (χ0v) is 19.0. The van der Waals surface area contributed by atoms with Crippen molar-refractivity contribution in [1.29, 1.82) is 0 Å². The average Bonchev–Trinajstić information content (AvgIpc) is 3.16. The number of nitrogens with one attached hydrogen (secondary N) is 2. The number of hydrogen-bond donors (Lipinski definition) is 2. The van der Waals surface area contributed by atoms with Gasteiger partial charge in [-0.25, -0.2) is 0 Å². The summed E-state index contributed by atoms with van der Waals surface area (Å²) in [5.74, 6) is 1.09. The molecule has 30 heavy (non-hydrogen) atoms. The van der Waals surface area contributed by atoms with Crippen LogP contribution >= 0.6 is 0 Å². The molecule has 0 radical (unpaired) electrons. The van der Waals surface area contributed by atoms with Gasteiger partial charge in [0, 0.05) is 51.2 Å². The molecule has 2 aliphatic rings. The van der Waals surface area contributed by atoms with Gasteiger partial charge in [0.15, 0.2) is 5.96 Å². The quantitative estimate of drug-likeness (QED) is 0.480. The highest BCUT2D eigenvalue weighted by Gasteiger charge is 2.53. The van der Waals surface area contributed by atoms with E-state index in [1.54, 1.807) is 0 Å². The second kappa shape index (κ2) is 10.3. The van der Waals surface area contributed by atoms with Gasteiger partial charge in [-0.15, -0.1) is 0 Å². The van der Waals surface area contributed by atoms with Gasteiger partial charge in [-0.1, -0.05) is 38.1 Å². The van der Waals surface area contributed by atoms with Crippen molar-refractivity contribution in [3.05, 3.63) is 35.4 Å². The number of nitrogens with zero attached hydrogens (tertiary/aromatic N) is 2. The predicted molar refractivity (Wildman–Crippen MR) is 121 cm³/mol. The molecule has 0 bridgehead atoms. The molecule has 1 aromatic carbocycles. The van der Waals surface area contributed by atoms with Gasteiger partial charge in [0.1, 0.15) is 0 Å². The van der Waals surface area contributed by atoms with Crippen LogP contribution in [0.4, 0.5) is 0 Å². The Bertz CT molecular complexity index is 744. The number of amides is 1. The number of hydrogen-bond acceptors (Lipinski definition) is 3. The lowest BCUT2D eigenvalue weighted by Gasteiger charge is -2.55. The third-order valence-corrected chi connectivity index (χ3v) is 7.10. The molecule has 1 heterocycles. The molecule has 1 aliphatic heterocycles. The third-order valence-electron chi connectivity index (χ3n) is 7.10. The van der Waals surface area contributed by atoms with Crippen molar-refractivity contribution in [2.24, 2.45) is 10.4 Å². The summed E-state index contributed by atoms with van der Waals surface area (Å²) in [5.41, 5.74) is 2.58. The molecule has 0 spiro atoms. The second-order valence-corrected chi connectivity index (χ2v) is 8.43. The minimum absolute atomic E-state index is 0.168. The first-order valence-corrected chi connectivity index (χ1v) is 11.5. The summed E-state index contributed by atoms with van der Waals surface area (Å²) < 4.78 is 6.01. The summed E-state index contributed by atoms with van der Waals surface area (Å²) >= 11 is 0. The number of rotatable bonds is 9. The first-order valence-electron chi connectivity index (χ1n) is 11.5. The fourth-order valence-corrected chi connectivity index (χ4v) is 5.08. The lowest BCUT2D eigenvalue weighted by molar-refractivity contribution is -0.133. The molecule has 1 amide bonds. The molecule has 1 aromatic rings. The van der Waals surface area contributed by atoms with Gasteiger partial charge in [-0.2, -0.15) is 0 Å². The van der Waals surface area contributed by atoms with Crippen LogP contribution in [0.1, 0.15) is 64.0 Å². The molecule has 2 unspecified atom stereocenters. The van der Waals surface area contributed by atoms with Crippen LogP contribution in [-0.2, 0) is 22.6 Å². The Hall–Kier alpha value is -2.08. The summed E-state index contributed by atoms with van der Waals surface area (Å²) in [5, 5.41) is 7.14. The maximum absolute atomic E-state index is 12.0. The van der Waals surface area contributed by atoms with E-state index in [2.05, 4.69) is 54.6 Å². The minimum Gasteiger partial charge on any atom is -0.378 e. The molecule has 3 rings (SSSR count). The van der Waals surface area contributed by atoms with E-state index >= 15 is 0 Å². The Balaban J connectivity index is 1.61. The van der Waals surface area contributed by atoms with Gasteiger partial charge in [0.2, 0.25) is 5.91 Å². The number of benzene rings is 1. The van der Waals surface area contributed by atoms with Crippen molar-refractivity contribution < 1.29 is 9.53 Å². The van der Waals surface area contributed by atoms with E-state index < -0.39 is 0 Å². The molecule has 2 N–H and O–H groups in total. The molecule has 6 nitrogen and oxygen atoms in total. The Labute approximate surface area is 181 Å². The highest BCUT2D eigenvalue weighted by molar-refractivity contribution is 5.80. The van der Waals surface area contributed by atoms with Crippen LogP contribution in [0.15, 0.2) is 29.3 Å². The number of ether oxygens (including phenoxy) is 1. The van der Waals surface area contributed by atoms with Gasteiger partial charge < -0.3 is 20.3 Å². The van der Waals surface area contributed by atoms with Gasteiger partial charge in [0.25, 0.3) is 0 Å². The Morgan fingerprint density at radius 2 is 1.97 bits per heavy atom. The topological polar surface area (TPSA) is 66.0 Å². The van der Waals surface area contributed by atoms with Gasteiger partial charge >= 0.3 is 0 Å². The van der Waals surface area contributed by atoms with E-state index in [0.717, 1.165) is 44.8 Å². The summed E-state index contributed by atoms with van der Waals surface area (Å²) in [6.45, 7) is 9.60. The molecular formula is C24H38N4O2. The minimum atomic E-state index is 0.168. The lowest BCUT2D eigenvalue weighted by Crippen LogP contribution is -2.65. The highest BCUT2D eigenvalue weighted by Crippen LogP contribution is 2.48. The van der Waals surface area contributed by atoms with Crippen molar-refractivity contribution in [2.75, 3.05) is 20.2 Å². The van der Waals surface area contributed by atoms with Gasteiger partial charge in [-0.3, -0.25) is 9.79 Å². The first-order chi connectivity index (χ1) is 14.6. The third kappa shape index (κ3) is 4.64. The molecule has 1 aliphatic carbocycles. The van der Waals surface area contributed by atoms with E-state index in [1.165, 1.54) is 11.1 Å². The van der Waals surface area contributed by atoms with Crippen LogP contribution in [0, 0.1) is 5.41 Å². The Kier molecular flexibility index (Phi) is 7.75. The number of carbonyl (C=O) groups excluding carboxylic acids is 1. The normalized spacial score (nSPS) is 23.4. The smallest absolute Gasteiger partial charge is 0.222 e. The molecule has 2 fully saturated rings. The molecule has 2 atom stereocenters. The fourth-order valence-electron chi connectivity index (χ4n) is 5.08. The van der Waals surface area contributed by atoms with E-state index in [9.17, 15) is 4.79 Å². The lowest BCUT2D eigenvalue weighted by atomic mass is 9.58. The molecule has 6 heteroatoms. The number of aliphatic imine (C=N–C) groups is 1. The van der Waals surface area contributed by atoms with E-state index in [-0.39, 0.29) is 11.3 Å². The molecule has 166 valence electrons. The monoisotopic (exact) mass is 414 g/mol. The van der Waals surface area contributed by atoms with Crippen molar-refractivity contribution in [3.63, 3.8) is 0 Å². The summed E-state index contributed by atoms with van der Waals surface area (Å²) in [6, 6.07) is 8.72. The van der Waals surface area contributed by atoms with Crippen LogP contribution in [0.3, 0.4) is 0 Å². The van der Waals surface area contributed by atoms with Crippen LogP contribution < -0.4 is 10.6 Å². The zero-order chi connectivity index (χ0) is 21.6. The maximum atomic E-state index is 12.0. The standard InChI is InChI=1S/C24H38N4O2/c1-5-24(6-2)20(15-21(24)30-7-3)27-23(25-4)26-16-18-11-8-9-12-19(18)17-28-14-10-13-22(28)29/h8-9,11-12,20-21H,5-7,10,13-17H2,1-4H3,(H2,25,26,27). The fraction of sp³-hybridized carbons (Fsp3) is 0.667. The summed E-state index contributed by atoms with van der Waals surface area (Å²) in [7, 11) is 1.82. The highest BCUT2D eigenvalue weighted by atomic mass is 16.5. The largest absolute Gasteiger partial charge is 0.378 e. The number of likely N-dealkylation sites (tertiary alicyclic amines) is 1. The Morgan fingerprint density at radius 1 is 1.23 bits per heavy atom. The van der Waals surface area contributed by atoms with Crippen LogP contribution in [0.5, 0.6) is 0 Å². The van der Waals surface area contributed by atoms with Gasteiger partial charge in [0.05, 0.1) is 6.10 Å². The summed E-state index contributed by atoms with van der Waals surface area (Å²) in [6.07, 6.45) is 5.18. The SMILES string of the molecule is CCOC1CC(NC(=NC)NCc2ccccc2CN2CCCC2=O)C1(CC)CC. The first kappa shape index (κ1) is 22.6. The van der Waals surface area contributed by atoms with Crippen LogP contribution in [0.2, 0.25) is 0 Å². The van der Waals surface area contributed by atoms with E-state index in [1.807, 2.05) is 18.0 Å². The van der Waals surface area contributed by atoms with E-state index in [0.29, 0.717) is 31.7 Å². The van der Waals surface area contributed by atoms with Crippen molar-refractivity contribution in [3.8, 4) is 0 Å². The van der Waals surface area contributed by atoms with E-state index in [4.69, 9.17) is 4.74 Å². The predicted octanol–water partition coefficient (Wildman–Crippen LogP) is 3.46. The molecule has 0 aromatic heterocycles. The molecule has 1 saturated carbocycles. The Morgan fingerprint density at radius 3 is 2.57 bits per heavy atom. The summed E-state index contributed by atoms with van der Waals surface area (Å²) in [4.78, 5) is 18.5. The van der Waals surface area contributed by atoms with Crippen molar-refractivity contribution >= 4 is 11.9 Å². The molecule has 1 saturated heterocycles. The van der Waals surface area contributed by atoms with Crippen LogP contribution in [0.25, 0.3) is 0 Å². The number of carbonyl (C=O) groups is 1. The van der Waals surface area contributed by atoms with Gasteiger partial charge in [-0.05, 0) is 43.7 Å². The average molecular weight is 415 g/mol. The zero-order valence-electron chi connectivity index (χ0n) is 19.0. The second-order valence-electron chi connectivity index (χ2n) is 8.43. The van der Waals surface area contributed by atoms with Crippen molar-refractivity contribution in [1.82, 2.24) is 15.5 Å².